The van der Waals surface area contributed by atoms with Crippen molar-refractivity contribution in [3.63, 3.8) is 0 Å². The molecule has 0 aliphatic rings. The first kappa shape index (κ1) is 10.6. The van der Waals surface area contributed by atoms with Crippen LogP contribution >= 0.6 is 11.6 Å². The number of H-pyrrole nitrogens is 1. The first-order chi connectivity index (χ1) is 7.59. The zero-order valence-electron chi connectivity index (χ0n) is 8.49. The van der Waals surface area contributed by atoms with Crippen LogP contribution in [0.1, 0.15) is 5.56 Å². The third kappa shape index (κ3) is 1.77. The molecule has 0 fully saturated rings. The van der Waals surface area contributed by atoms with Gasteiger partial charge in [-0.2, -0.15) is 0 Å². The van der Waals surface area contributed by atoms with Gasteiger partial charge in [-0.1, -0.05) is 11.6 Å². The second kappa shape index (κ2) is 3.94. The van der Waals surface area contributed by atoms with Crippen LogP contribution in [0.5, 0.6) is 0 Å². The van der Waals surface area contributed by atoms with E-state index in [-0.39, 0.29) is 17.2 Å². The fourth-order valence-electron chi connectivity index (χ4n) is 1.22. The van der Waals surface area contributed by atoms with Gasteiger partial charge in [0.25, 0.3) is 5.56 Å². The molecule has 0 atom stereocenters. The molecule has 0 bridgehead atoms. The molecule has 82 valence electrons. The molecule has 2 heterocycles. The molecule has 5 nitrogen and oxygen atoms in total. The minimum atomic E-state index is -0.288. The Morgan fingerprint density at radius 2 is 2.25 bits per heavy atom. The van der Waals surface area contributed by atoms with Gasteiger partial charge in [0.1, 0.15) is 11.5 Å². The summed E-state index contributed by atoms with van der Waals surface area (Å²) in [5, 5.41) is 0.411. The molecule has 2 rings (SSSR count). The molecular weight excluding hydrogens is 228 g/mol. The van der Waals surface area contributed by atoms with Gasteiger partial charge in [-0.25, -0.2) is 4.98 Å². The summed E-state index contributed by atoms with van der Waals surface area (Å²) in [6, 6.07) is 3.36. The average Bonchev–Trinajstić information content (AvgIpc) is 2.26. The highest BCUT2D eigenvalue weighted by molar-refractivity contribution is 6.32. The Balaban J connectivity index is 2.67. The van der Waals surface area contributed by atoms with E-state index in [1.807, 2.05) is 0 Å². The lowest BCUT2D eigenvalue weighted by Gasteiger charge is -2.04. The quantitative estimate of drug-likeness (QED) is 0.783. The van der Waals surface area contributed by atoms with E-state index < -0.39 is 0 Å². The van der Waals surface area contributed by atoms with Gasteiger partial charge in [0.2, 0.25) is 0 Å². The highest BCUT2D eigenvalue weighted by Gasteiger charge is 2.10. The van der Waals surface area contributed by atoms with E-state index in [1.165, 1.54) is 0 Å². The Bertz CT molecular complexity index is 594. The number of hydrogen-bond acceptors (Lipinski definition) is 4. The van der Waals surface area contributed by atoms with Crippen molar-refractivity contribution in [1.29, 1.82) is 0 Å². The maximum absolute atomic E-state index is 11.5. The zero-order chi connectivity index (χ0) is 11.7. The van der Waals surface area contributed by atoms with E-state index in [1.54, 1.807) is 25.3 Å². The monoisotopic (exact) mass is 236 g/mol. The number of pyridine rings is 1. The summed E-state index contributed by atoms with van der Waals surface area (Å²) < 4.78 is 0. The standard InChI is InChI=1S/C10H9ClN4O/c1-5-8(12)14-9(15-10(5)16)7-6(11)3-2-4-13-7/h2-4H,1H3,(H3,12,14,15,16). The number of nitrogens with zero attached hydrogens (tertiary/aromatic N) is 2. The number of nitrogens with one attached hydrogen (secondary N) is 1. The van der Waals surface area contributed by atoms with Crippen molar-refractivity contribution in [2.45, 2.75) is 6.92 Å². The summed E-state index contributed by atoms with van der Waals surface area (Å²) in [6.07, 6.45) is 1.57. The molecule has 16 heavy (non-hydrogen) atoms. The van der Waals surface area contributed by atoms with Crippen molar-refractivity contribution in [2.75, 3.05) is 5.73 Å². The topological polar surface area (TPSA) is 84.7 Å². The molecule has 0 aromatic carbocycles. The third-order valence-corrected chi connectivity index (χ3v) is 2.48. The molecular formula is C10H9ClN4O. The summed E-state index contributed by atoms with van der Waals surface area (Å²) in [4.78, 5) is 22.2. The van der Waals surface area contributed by atoms with Crippen LogP contribution in [0.15, 0.2) is 23.1 Å². The molecule has 2 aromatic rings. The largest absolute Gasteiger partial charge is 0.383 e. The van der Waals surface area contributed by atoms with Crippen molar-refractivity contribution in [3.05, 3.63) is 39.3 Å². The number of anilines is 1. The zero-order valence-corrected chi connectivity index (χ0v) is 9.25. The van der Waals surface area contributed by atoms with Gasteiger partial charge in [-0.15, -0.1) is 0 Å². The maximum atomic E-state index is 11.5. The summed E-state index contributed by atoms with van der Waals surface area (Å²) in [6.45, 7) is 1.60. The smallest absolute Gasteiger partial charge is 0.256 e. The first-order valence-corrected chi connectivity index (χ1v) is 4.94. The fourth-order valence-corrected chi connectivity index (χ4v) is 1.43. The molecule has 0 amide bonds. The van der Waals surface area contributed by atoms with Gasteiger partial charge in [-0.05, 0) is 19.1 Å². The van der Waals surface area contributed by atoms with Crippen LogP contribution in [-0.2, 0) is 0 Å². The molecule has 0 unspecified atom stereocenters. The molecule has 0 spiro atoms. The number of aromatic amines is 1. The molecule has 0 radical (unpaired) electrons. The number of aromatic nitrogens is 3. The minimum absolute atomic E-state index is 0.181. The number of rotatable bonds is 1. The van der Waals surface area contributed by atoms with E-state index >= 15 is 0 Å². The number of nitrogen functional groups attached to an aromatic ring is 1. The Kier molecular flexibility index (Phi) is 2.62. The Morgan fingerprint density at radius 3 is 2.88 bits per heavy atom. The van der Waals surface area contributed by atoms with E-state index in [4.69, 9.17) is 17.3 Å². The summed E-state index contributed by atoms with van der Waals surface area (Å²) >= 11 is 5.94. The first-order valence-electron chi connectivity index (χ1n) is 4.57. The lowest BCUT2D eigenvalue weighted by molar-refractivity contribution is 1.08. The predicted octanol–water partition coefficient (Wildman–Crippen LogP) is 1.38. The van der Waals surface area contributed by atoms with Gasteiger partial charge in [0, 0.05) is 6.20 Å². The van der Waals surface area contributed by atoms with Crippen molar-refractivity contribution < 1.29 is 0 Å². The average molecular weight is 237 g/mol. The van der Waals surface area contributed by atoms with Crippen LogP contribution in [0.25, 0.3) is 11.5 Å². The van der Waals surface area contributed by atoms with Crippen molar-refractivity contribution >= 4 is 17.4 Å². The van der Waals surface area contributed by atoms with Crippen molar-refractivity contribution in [3.8, 4) is 11.5 Å². The predicted molar refractivity (Wildman–Crippen MR) is 62.2 cm³/mol. The number of halogens is 1. The molecule has 6 heteroatoms. The minimum Gasteiger partial charge on any atom is -0.383 e. The van der Waals surface area contributed by atoms with Crippen molar-refractivity contribution in [1.82, 2.24) is 15.0 Å². The third-order valence-electron chi connectivity index (χ3n) is 2.17. The Hall–Kier alpha value is -1.88. The molecule has 3 N–H and O–H groups in total. The Labute approximate surface area is 96.3 Å². The second-order valence-electron chi connectivity index (χ2n) is 3.26. The van der Waals surface area contributed by atoms with Crippen LogP contribution in [0.3, 0.4) is 0 Å². The Morgan fingerprint density at radius 1 is 1.50 bits per heavy atom. The lowest BCUT2D eigenvalue weighted by Crippen LogP contribution is -2.15. The molecule has 0 saturated carbocycles. The van der Waals surface area contributed by atoms with Crippen molar-refractivity contribution in [2.24, 2.45) is 0 Å². The van der Waals surface area contributed by atoms with Crippen LogP contribution < -0.4 is 11.3 Å². The second-order valence-corrected chi connectivity index (χ2v) is 3.67. The maximum Gasteiger partial charge on any atom is 0.256 e. The lowest BCUT2D eigenvalue weighted by atomic mass is 10.3. The van der Waals surface area contributed by atoms with Crippen LogP contribution in [0, 0.1) is 6.92 Å². The van der Waals surface area contributed by atoms with Gasteiger partial charge in [-0.3, -0.25) is 9.78 Å². The van der Waals surface area contributed by atoms with Gasteiger partial charge in [0.15, 0.2) is 5.82 Å². The van der Waals surface area contributed by atoms with E-state index in [0.717, 1.165) is 0 Å². The molecule has 0 aliphatic heterocycles. The van der Waals surface area contributed by atoms with E-state index in [0.29, 0.717) is 16.3 Å². The highest BCUT2D eigenvalue weighted by atomic mass is 35.5. The van der Waals surface area contributed by atoms with Gasteiger partial charge >= 0.3 is 0 Å². The molecule has 2 aromatic heterocycles. The number of nitrogens with two attached hydrogens (primary N) is 1. The van der Waals surface area contributed by atoms with E-state index in [2.05, 4.69) is 15.0 Å². The number of hydrogen-bond donors (Lipinski definition) is 2. The van der Waals surface area contributed by atoms with Crippen LogP contribution in [0.4, 0.5) is 5.82 Å². The molecule has 0 saturated heterocycles. The fraction of sp³-hybridized carbons (Fsp3) is 0.100. The van der Waals surface area contributed by atoms with E-state index in [9.17, 15) is 4.79 Å². The normalized spacial score (nSPS) is 10.4. The van der Waals surface area contributed by atoms with Gasteiger partial charge < -0.3 is 10.7 Å². The van der Waals surface area contributed by atoms with Gasteiger partial charge in [0.05, 0.1) is 10.6 Å². The summed E-state index contributed by atoms with van der Waals surface area (Å²) in [5.41, 5.74) is 6.11. The molecule has 0 aliphatic carbocycles. The van der Waals surface area contributed by atoms with Crippen LogP contribution in [-0.4, -0.2) is 15.0 Å². The SMILES string of the molecule is Cc1c(N)nc(-c2ncccc2Cl)[nH]c1=O. The highest BCUT2D eigenvalue weighted by Crippen LogP contribution is 2.21. The summed E-state index contributed by atoms with van der Waals surface area (Å²) in [7, 11) is 0. The van der Waals surface area contributed by atoms with Crippen LogP contribution in [0.2, 0.25) is 5.02 Å². The summed E-state index contributed by atoms with van der Waals surface area (Å²) in [5.74, 6) is 0.458.